The molecule has 17 heteroatoms. The van der Waals surface area contributed by atoms with Crippen molar-refractivity contribution in [3.63, 3.8) is 0 Å². The molecule has 0 aromatic heterocycles. The average Bonchev–Trinajstić information content (AvgIpc) is 4.37. The van der Waals surface area contributed by atoms with E-state index >= 15 is 0 Å². The quantitative estimate of drug-likeness (QED) is 0.0719. The number of carboxylic acid groups (broad SMARTS) is 1. The van der Waals surface area contributed by atoms with E-state index in [9.17, 15) is 33.9 Å². The molecular formula is C66H67LiN6O10. The van der Waals surface area contributed by atoms with Crippen LogP contribution in [0.25, 0.3) is 0 Å². The van der Waals surface area contributed by atoms with Crippen LogP contribution < -0.4 is 39.3 Å². The number of nitrogens with zero attached hydrogens (tertiary/aromatic N) is 4. The van der Waals surface area contributed by atoms with Gasteiger partial charge in [0.25, 0.3) is 0 Å². The molecule has 6 amide bonds. The van der Waals surface area contributed by atoms with Gasteiger partial charge in [-0.25, -0.2) is 19.2 Å². The Morgan fingerprint density at radius 1 is 0.446 bits per heavy atom. The fourth-order valence-electron chi connectivity index (χ4n) is 10.4. The number of para-hydroxylation sites is 4. The number of carbonyl (C=O) groups is 6. The second-order valence-electron chi connectivity index (χ2n) is 19.2. The van der Waals surface area contributed by atoms with Gasteiger partial charge in [-0.1, -0.05) is 202 Å². The maximum absolute atomic E-state index is 14.2. The largest absolute Gasteiger partial charge is 1.00 e. The van der Waals surface area contributed by atoms with Crippen LogP contribution in [0.1, 0.15) is 54.4 Å². The molecule has 10 rings (SSSR count). The Bertz CT molecular complexity index is 3150. The topological polar surface area (TPSA) is 230 Å². The summed E-state index contributed by atoms with van der Waals surface area (Å²) in [5.41, 5.74) is 5.98. The van der Waals surface area contributed by atoms with Crippen molar-refractivity contribution in [1.29, 1.82) is 0 Å². The molecule has 0 spiro atoms. The Hall–Kier alpha value is -9.30. The van der Waals surface area contributed by atoms with Gasteiger partial charge in [-0.15, -0.1) is 0 Å². The molecule has 422 valence electrons. The van der Waals surface area contributed by atoms with Crippen molar-refractivity contribution in [2.45, 2.75) is 56.3 Å². The number of aliphatic carboxylic acids is 1. The zero-order valence-corrected chi connectivity index (χ0v) is 45.4. The number of carboxylic acids is 1. The molecule has 0 bridgehead atoms. The van der Waals surface area contributed by atoms with E-state index in [-0.39, 0.29) is 81.0 Å². The SMILES string of the molecule is C.COC(=O)[C@@H]1C[C@H](NC(=O)N(c2ccccc2)c2ccccc2)CN1C(=O)C(c1ccccc1)c1ccccc1.O.O=C(O)[C@@H]1C[C@H](NC(=O)N(c2ccccc2)c2ccccc2)CN1C(=O)C(c1ccccc1)c1ccccc1.[Li+].[OH-]. The smallest absolute Gasteiger partial charge is 0.870 e. The van der Waals surface area contributed by atoms with E-state index in [1.54, 1.807) is 14.7 Å². The minimum absolute atomic E-state index is 0. The molecule has 6 N–H and O–H groups in total. The van der Waals surface area contributed by atoms with Crippen LogP contribution in [0.3, 0.4) is 0 Å². The van der Waals surface area contributed by atoms with E-state index in [0.717, 1.165) is 22.3 Å². The summed E-state index contributed by atoms with van der Waals surface area (Å²) in [6.45, 7) is 0.271. The summed E-state index contributed by atoms with van der Waals surface area (Å²) in [6.07, 6.45) is 0.360. The molecule has 2 heterocycles. The predicted octanol–water partition coefficient (Wildman–Crippen LogP) is 7.57. The standard InChI is InChI=1S/C33H31N3O4.C32H29N3O4.CH4.Li.2H2O/c1-40-32(38)29-22-26(34-33(39)36(27-18-10-4-11-19-27)28-20-12-5-13-21-28)23-35(29)31(37)30(24-14-6-2-7-15-24)25-16-8-3-9-17-25;36-30(29(23-13-5-1-6-14-23)24-15-7-2-8-16-24)34-22-25(21-28(34)31(37)38)33-32(39)35(26-17-9-3-10-18-26)27-19-11-4-12-20-27;;;;/h2-21,26,29-30H,22-23H2,1H3,(H,34,39);1-20,25,28-29H,21-22H2,(H,33,39)(H,37,38);1H4;;2*1H2/q;;;+1;;/p-1/t26-,29-;25-,28-;;;;/m00..../s1. The fourth-order valence-corrected chi connectivity index (χ4v) is 10.4. The number of hydrogen-bond donors (Lipinski definition) is 3. The second-order valence-corrected chi connectivity index (χ2v) is 19.2. The molecule has 16 nitrogen and oxygen atoms in total. The first kappa shape index (κ1) is 64.5. The number of anilines is 4. The molecule has 2 fully saturated rings. The Labute approximate surface area is 496 Å². The number of ether oxygens (including phenoxy) is 1. The van der Waals surface area contributed by atoms with Crippen molar-refractivity contribution in [3.05, 3.63) is 265 Å². The van der Waals surface area contributed by atoms with Crippen LogP contribution in [0.4, 0.5) is 32.3 Å². The Balaban J connectivity index is 0.000000290. The van der Waals surface area contributed by atoms with Gasteiger partial charge in [0.2, 0.25) is 11.8 Å². The monoisotopic (exact) mass is 1110 g/mol. The Morgan fingerprint density at radius 3 is 0.940 bits per heavy atom. The second kappa shape index (κ2) is 31.1. The molecule has 0 unspecified atom stereocenters. The van der Waals surface area contributed by atoms with Crippen molar-refractivity contribution in [2.75, 3.05) is 30.0 Å². The Morgan fingerprint density at radius 2 is 0.687 bits per heavy atom. The number of methoxy groups -OCH3 is 1. The molecule has 2 aliphatic heterocycles. The summed E-state index contributed by atoms with van der Waals surface area (Å²) in [5, 5.41) is 16.1. The maximum Gasteiger partial charge on any atom is 1.00 e. The van der Waals surface area contributed by atoms with Gasteiger partial charge in [0, 0.05) is 25.9 Å². The van der Waals surface area contributed by atoms with Crippen LogP contribution in [-0.4, -0.2) is 106 Å². The number of esters is 1. The van der Waals surface area contributed by atoms with E-state index in [1.165, 1.54) is 12.0 Å². The van der Waals surface area contributed by atoms with Gasteiger partial charge < -0.3 is 41.2 Å². The molecule has 8 aromatic carbocycles. The van der Waals surface area contributed by atoms with Gasteiger partial charge in [0.05, 0.1) is 53.8 Å². The van der Waals surface area contributed by atoms with E-state index in [0.29, 0.717) is 22.7 Å². The first-order valence-corrected chi connectivity index (χ1v) is 26.1. The van der Waals surface area contributed by atoms with E-state index in [4.69, 9.17) is 4.74 Å². The number of urea groups is 2. The van der Waals surface area contributed by atoms with Gasteiger partial charge in [-0.2, -0.15) is 0 Å². The zero-order chi connectivity index (χ0) is 55.1. The number of hydrogen-bond acceptors (Lipinski definition) is 8. The summed E-state index contributed by atoms with van der Waals surface area (Å²) in [6, 6.07) is 71.3. The van der Waals surface area contributed by atoms with Crippen LogP contribution in [0, 0.1) is 0 Å². The van der Waals surface area contributed by atoms with Crippen molar-refractivity contribution >= 4 is 58.6 Å². The maximum atomic E-state index is 14.2. The van der Waals surface area contributed by atoms with Gasteiger partial charge >= 0.3 is 42.9 Å². The van der Waals surface area contributed by atoms with E-state index in [1.807, 2.05) is 243 Å². The van der Waals surface area contributed by atoms with Crippen molar-refractivity contribution in [1.82, 2.24) is 20.4 Å². The summed E-state index contributed by atoms with van der Waals surface area (Å²) in [4.78, 5) is 86.8. The molecule has 0 radical (unpaired) electrons. The Kier molecular flexibility index (Phi) is 24.1. The summed E-state index contributed by atoms with van der Waals surface area (Å²) >= 11 is 0. The first-order valence-electron chi connectivity index (χ1n) is 26.1. The molecule has 2 saturated heterocycles. The number of amides is 6. The van der Waals surface area contributed by atoms with Crippen molar-refractivity contribution in [2.24, 2.45) is 0 Å². The molecule has 2 aliphatic rings. The number of rotatable bonds is 14. The normalized spacial score (nSPS) is 15.7. The van der Waals surface area contributed by atoms with Crippen LogP contribution >= 0.6 is 0 Å². The molecular weight excluding hydrogens is 1040 g/mol. The van der Waals surface area contributed by atoms with Crippen molar-refractivity contribution in [3.8, 4) is 0 Å². The first-order chi connectivity index (χ1) is 38.6. The third-order valence-electron chi connectivity index (χ3n) is 14.1. The predicted molar refractivity (Wildman–Crippen MR) is 316 cm³/mol. The number of likely N-dealkylation sites (tertiary alicyclic amines) is 2. The van der Waals surface area contributed by atoms with Gasteiger partial charge in [0.15, 0.2) is 0 Å². The van der Waals surface area contributed by atoms with Crippen LogP contribution in [-0.2, 0) is 23.9 Å². The minimum Gasteiger partial charge on any atom is -0.870 e. The van der Waals surface area contributed by atoms with Crippen molar-refractivity contribution < 1.29 is 68.4 Å². The van der Waals surface area contributed by atoms with Gasteiger partial charge in [-0.3, -0.25) is 19.4 Å². The number of carbonyl (C=O) groups excluding carboxylic acids is 5. The third-order valence-corrected chi connectivity index (χ3v) is 14.1. The summed E-state index contributed by atoms with van der Waals surface area (Å²) < 4.78 is 5.09. The van der Waals surface area contributed by atoms with Crippen LogP contribution in [0.2, 0.25) is 0 Å². The molecule has 83 heavy (non-hydrogen) atoms. The van der Waals surface area contributed by atoms with Crippen LogP contribution in [0.15, 0.2) is 243 Å². The number of benzene rings is 8. The summed E-state index contributed by atoms with van der Waals surface area (Å²) in [5.74, 6) is -3.38. The van der Waals surface area contributed by atoms with Crippen LogP contribution in [0.5, 0.6) is 0 Å². The number of nitrogens with one attached hydrogen (secondary N) is 2. The van der Waals surface area contributed by atoms with E-state index in [2.05, 4.69) is 10.6 Å². The molecule has 0 aliphatic carbocycles. The third kappa shape index (κ3) is 15.6. The average molecular weight is 1110 g/mol. The fraction of sp³-hybridized carbons (Fsp3) is 0.182. The molecule has 8 aromatic rings. The summed E-state index contributed by atoms with van der Waals surface area (Å²) in [7, 11) is 1.31. The van der Waals surface area contributed by atoms with Gasteiger partial charge in [-0.05, 0) is 70.8 Å². The van der Waals surface area contributed by atoms with Gasteiger partial charge in [0.1, 0.15) is 12.1 Å². The van der Waals surface area contributed by atoms with E-state index < -0.39 is 54.0 Å². The molecule has 0 saturated carbocycles. The molecule has 4 atom stereocenters. The minimum atomic E-state index is -1.09. The zero-order valence-electron chi connectivity index (χ0n) is 45.4.